The molecule has 2 aromatic carbocycles. The number of hydrogen-bond donors (Lipinski definition) is 1. The van der Waals surface area contributed by atoms with E-state index in [1.807, 2.05) is 43.3 Å². The van der Waals surface area contributed by atoms with Crippen molar-refractivity contribution in [3.8, 4) is 11.4 Å². The molecule has 3 aromatic rings. The lowest BCUT2D eigenvalue weighted by atomic mass is 10.2. The second-order valence-electron chi connectivity index (χ2n) is 7.02. The number of nitrogens with zero attached hydrogens (tertiary/aromatic N) is 3. The van der Waals surface area contributed by atoms with Crippen LogP contribution in [0.25, 0.3) is 11.4 Å². The summed E-state index contributed by atoms with van der Waals surface area (Å²) in [7, 11) is -3.46. The van der Waals surface area contributed by atoms with Crippen LogP contribution in [-0.4, -0.2) is 37.3 Å². The summed E-state index contributed by atoms with van der Waals surface area (Å²) in [4.78, 5) is 16.5. The summed E-state index contributed by atoms with van der Waals surface area (Å²) in [5.41, 5.74) is 2.28. The van der Waals surface area contributed by atoms with E-state index in [0.717, 1.165) is 21.9 Å². The van der Waals surface area contributed by atoms with Crippen molar-refractivity contribution in [3.63, 3.8) is 0 Å². The van der Waals surface area contributed by atoms with E-state index in [9.17, 15) is 13.2 Å². The maximum absolute atomic E-state index is 12.2. The molecular weight excluding hydrogens is 484 g/mol. The molecule has 0 aliphatic carbocycles. The van der Waals surface area contributed by atoms with Crippen molar-refractivity contribution in [2.45, 2.75) is 26.3 Å². The van der Waals surface area contributed by atoms with Crippen LogP contribution in [0.4, 0.5) is 5.69 Å². The molecule has 0 fully saturated rings. The van der Waals surface area contributed by atoms with Crippen molar-refractivity contribution >= 4 is 37.5 Å². The number of carbonyl (C=O) groups is 1. The third-order valence-corrected chi connectivity index (χ3v) is 6.21. The number of amides is 1. The summed E-state index contributed by atoms with van der Waals surface area (Å²) in [5, 5.41) is 6.65. The molecule has 1 N–H and O–H groups in total. The number of aryl methyl sites for hydroxylation is 1. The Kier molecular flexibility index (Phi) is 7.45. The van der Waals surface area contributed by atoms with Gasteiger partial charge in [-0.3, -0.25) is 9.10 Å². The molecule has 1 aromatic heterocycles. The van der Waals surface area contributed by atoms with Gasteiger partial charge >= 0.3 is 0 Å². The predicted molar refractivity (Wildman–Crippen MR) is 122 cm³/mol. The van der Waals surface area contributed by atoms with Crippen molar-refractivity contribution in [1.82, 2.24) is 15.5 Å². The van der Waals surface area contributed by atoms with Crippen LogP contribution in [0.15, 0.2) is 57.5 Å². The fourth-order valence-corrected chi connectivity index (χ4v) is 4.45. The van der Waals surface area contributed by atoms with Crippen molar-refractivity contribution in [1.29, 1.82) is 0 Å². The van der Waals surface area contributed by atoms with Gasteiger partial charge < -0.3 is 9.84 Å². The molecule has 3 rings (SSSR count). The molecule has 164 valence electrons. The topological polar surface area (TPSA) is 105 Å². The Morgan fingerprint density at radius 1 is 1.19 bits per heavy atom. The van der Waals surface area contributed by atoms with Gasteiger partial charge in [-0.25, -0.2) is 8.42 Å². The van der Waals surface area contributed by atoms with Crippen LogP contribution in [-0.2, 0) is 21.4 Å². The third-order valence-electron chi connectivity index (χ3n) is 4.54. The highest BCUT2D eigenvalue weighted by atomic mass is 79.9. The number of para-hydroxylation sites is 1. The minimum absolute atomic E-state index is 0.105. The van der Waals surface area contributed by atoms with Gasteiger partial charge in [0.15, 0.2) is 0 Å². The van der Waals surface area contributed by atoms with E-state index < -0.39 is 10.0 Å². The van der Waals surface area contributed by atoms with Gasteiger partial charge in [-0.05, 0) is 37.1 Å². The first-order valence-corrected chi connectivity index (χ1v) is 12.3. The number of hydrogen-bond acceptors (Lipinski definition) is 6. The van der Waals surface area contributed by atoms with Crippen molar-refractivity contribution in [2.75, 3.05) is 17.1 Å². The molecule has 0 aliphatic rings. The second-order valence-corrected chi connectivity index (χ2v) is 9.85. The van der Waals surface area contributed by atoms with Crippen LogP contribution in [0.5, 0.6) is 0 Å². The molecule has 0 bridgehead atoms. The maximum Gasteiger partial charge on any atom is 0.246 e. The molecule has 0 saturated heterocycles. The Morgan fingerprint density at radius 3 is 2.68 bits per heavy atom. The first kappa shape index (κ1) is 23.0. The first-order valence-electron chi connectivity index (χ1n) is 9.62. The van der Waals surface area contributed by atoms with Gasteiger partial charge in [-0.15, -0.1) is 0 Å². The summed E-state index contributed by atoms with van der Waals surface area (Å²) in [6.07, 6.45) is 1.71. The van der Waals surface area contributed by atoms with E-state index in [-0.39, 0.29) is 25.4 Å². The Morgan fingerprint density at radius 2 is 1.97 bits per heavy atom. The highest BCUT2D eigenvalue weighted by Gasteiger charge is 2.19. The SMILES string of the molecule is Cc1ccccc1N(CCCC(=O)NCc1nc(-c2cccc(Br)c2)no1)S(C)(=O)=O. The Balaban J connectivity index is 1.52. The zero-order valence-electron chi connectivity index (χ0n) is 17.2. The van der Waals surface area contributed by atoms with Gasteiger partial charge in [0.25, 0.3) is 0 Å². The first-order chi connectivity index (χ1) is 14.7. The normalized spacial score (nSPS) is 11.3. The van der Waals surface area contributed by atoms with Crippen LogP contribution in [0.3, 0.4) is 0 Å². The minimum atomic E-state index is -3.46. The van der Waals surface area contributed by atoms with E-state index in [1.165, 1.54) is 4.31 Å². The van der Waals surface area contributed by atoms with Gasteiger partial charge in [0.2, 0.25) is 27.6 Å². The van der Waals surface area contributed by atoms with Crippen LogP contribution >= 0.6 is 15.9 Å². The van der Waals surface area contributed by atoms with E-state index in [0.29, 0.717) is 23.8 Å². The van der Waals surface area contributed by atoms with Gasteiger partial charge in [0.1, 0.15) is 0 Å². The predicted octanol–water partition coefficient (Wildman–Crippen LogP) is 3.67. The number of benzene rings is 2. The Hall–Kier alpha value is -2.72. The Bertz CT molecular complexity index is 1160. The van der Waals surface area contributed by atoms with Crippen LogP contribution in [0.2, 0.25) is 0 Å². The van der Waals surface area contributed by atoms with Gasteiger partial charge in [-0.1, -0.05) is 51.4 Å². The van der Waals surface area contributed by atoms with Crippen molar-refractivity contribution < 1.29 is 17.7 Å². The molecule has 0 saturated carbocycles. The van der Waals surface area contributed by atoms with Gasteiger partial charge in [0.05, 0.1) is 18.5 Å². The average molecular weight is 507 g/mol. The number of sulfonamides is 1. The lowest BCUT2D eigenvalue weighted by molar-refractivity contribution is -0.121. The molecular formula is C21H23BrN4O4S. The van der Waals surface area contributed by atoms with Crippen LogP contribution in [0, 0.1) is 6.92 Å². The van der Waals surface area contributed by atoms with E-state index in [4.69, 9.17) is 4.52 Å². The van der Waals surface area contributed by atoms with E-state index in [1.54, 1.807) is 12.1 Å². The molecule has 0 aliphatic heterocycles. The zero-order valence-corrected chi connectivity index (χ0v) is 19.6. The smallest absolute Gasteiger partial charge is 0.246 e. The summed E-state index contributed by atoms with van der Waals surface area (Å²) in [5.74, 6) is 0.508. The molecule has 10 heteroatoms. The fourth-order valence-electron chi connectivity index (χ4n) is 3.03. The summed E-state index contributed by atoms with van der Waals surface area (Å²) < 4.78 is 31.8. The summed E-state index contributed by atoms with van der Waals surface area (Å²) in [6, 6.07) is 14.8. The summed E-state index contributed by atoms with van der Waals surface area (Å²) >= 11 is 3.40. The van der Waals surface area contributed by atoms with E-state index >= 15 is 0 Å². The number of nitrogens with one attached hydrogen (secondary N) is 1. The molecule has 31 heavy (non-hydrogen) atoms. The number of aromatic nitrogens is 2. The second kappa shape index (κ2) is 10.1. The standard InChI is InChI=1S/C21H23BrN4O4S/c1-15-7-3-4-10-18(15)26(31(2,28)29)12-6-11-19(27)23-14-20-24-21(25-30-20)16-8-5-9-17(22)13-16/h3-5,7-10,13H,6,11-12,14H2,1-2H3,(H,23,27). The van der Waals surface area contributed by atoms with Crippen molar-refractivity contribution in [3.05, 3.63) is 64.5 Å². The monoisotopic (exact) mass is 506 g/mol. The highest BCUT2D eigenvalue weighted by molar-refractivity contribution is 9.10. The molecule has 1 amide bonds. The molecule has 8 nitrogen and oxygen atoms in total. The molecule has 1 heterocycles. The number of halogens is 1. The van der Waals surface area contributed by atoms with Crippen LogP contribution < -0.4 is 9.62 Å². The van der Waals surface area contributed by atoms with Crippen LogP contribution in [0.1, 0.15) is 24.3 Å². The lowest BCUT2D eigenvalue weighted by Gasteiger charge is -2.24. The van der Waals surface area contributed by atoms with Gasteiger partial charge in [0, 0.05) is 23.0 Å². The number of anilines is 1. The van der Waals surface area contributed by atoms with Gasteiger partial charge in [-0.2, -0.15) is 4.98 Å². The summed E-state index contributed by atoms with van der Waals surface area (Å²) in [6.45, 7) is 2.17. The highest BCUT2D eigenvalue weighted by Crippen LogP contribution is 2.23. The largest absolute Gasteiger partial charge is 0.347 e. The Labute approximate surface area is 189 Å². The van der Waals surface area contributed by atoms with E-state index in [2.05, 4.69) is 31.4 Å². The van der Waals surface area contributed by atoms with Crippen molar-refractivity contribution in [2.24, 2.45) is 0 Å². The third kappa shape index (κ3) is 6.38. The minimum Gasteiger partial charge on any atom is -0.347 e. The lowest BCUT2D eigenvalue weighted by Crippen LogP contribution is -2.32. The average Bonchev–Trinajstić information content (AvgIpc) is 3.19. The quantitative estimate of drug-likeness (QED) is 0.474. The zero-order chi connectivity index (χ0) is 22.4. The maximum atomic E-state index is 12.2. The number of rotatable bonds is 9. The molecule has 0 unspecified atom stereocenters. The fraction of sp³-hybridized carbons (Fsp3) is 0.286. The molecule has 0 radical (unpaired) electrons. The molecule has 0 atom stereocenters. The molecule has 0 spiro atoms. The number of carbonyl (C=O) groups excluding carboxylic acids is 1.